The predicted molar refractivity (Wildman–Crippen MR) is 89.6 cm³/mol. The minimum atomic E-state index is 0.272. The average Bonchev–Trinajstić information content (AvgIpc) is 3.09. The lowest BCUT2D eigenvalue weighted by atomic mass is 9.98. The van der Waals surface area contributed by atoms with Crippen molar-refractivity contribution in [3.8, 4) is 11.5 Å². The summed E-state index contributed by atoms with van der Waals surface area (Å²) in [5.41, 5.74) is 0.943. The molecule has 2 aromatic rings. The Morgan fingerprint density at radius 1 is 1.35 bits per heavy atom. The fourth-order valence-corrected chi connectivity index (χ4v) is 3.39. The molecule has 0 spiro atoms. The van der Waals surface area contributed by atoms with Crippen LogP contribution in [0.25, 0.3) is 0 Å². The van der Waals surface area contributed by atoms with Crippen LogP contribution >= 0.6 is 0 Å². The summed E-state index contributed by atoms with van der Waals surface area (Å²) in [6, 6.07) is 6.28. The van der Waals surface area contributed by atoms with Crippen molar-refractivity contribution >= 4 is 0 Å². The van der Waals surface area contributed by atoms with E-state index in [0.717, 1.165) is 31.6 Å². The first-order chi connectivity index (χ1) is 11.3. The molecule has 124 valence electrons. The highest BCUT2D eigenvalue weighted by Crippen LogP contribution is 2.32. The number of hydrogen-bond acceptors (Lipinski definition) is 4. The number of ether oxygens (including phenoxy) is 1. The molecule has 5 heteroatoms. The van der Waals surface area contributed by atoms with Crippen LogP contribution in [0.4, 0.5) is 0 Å². The molecule has 1 atom stereocenters. The third kappa shape index (κ3) is 3.85. The number of para-hydroxylation sites is 1. The molecule has 5 nitrogen and oxygen atoms in total. The van der Waals surface area contributed by atoms with Crippen LogP contribution in [0.5, 0.6) is 11.5 Å². The lowest BCUT2D eigenvalue weighted by Gasteiger charge is -2.36. The molecule has 1 saturated heterocycles. The Morgan fingerprint density at radius 3 is 3.04 bits per heavy atom. The highest BCUT2D eigenvalue weighted by Gasteiger charge is 2.23. The van der Waals surface area contributed by atoms with Crippen LogP contribution in [0, 0.1) is 0 Å². The van der Waals surface area contributed by atoms with E-state index in [0.29, 0.717) is 11.8 Å². The van der Waals surface area contributed by atoms with E-state index in [1.165, 1.54) is 19.3 Å². The SMILES string of the molecule is COc1cccc(CN2CCCC[C@@H]2CCn2ccnc2)c1O. The largest absolute Gasteiger partial charge is 0.504 e. The second-order valence-corrected chi connectivity index (χ2v) is 6.18. The first-order valence-corrected chi connectivity index (χ1v) is 8.32. The van der Waals surface area contributed by atoms with E-state index in [1.54, 1.807) is 13.2 Å². The smallest absolute Gasteiger partial charge is 0.162 e. The zero-order valence-electron chi connectivity index (χ0n) is 13.7. The summed E-state index contributed by atoms with van der Waals surface area (Å²) in [5, 5.41) is 10.3. The van der Waals surface area contributed by atoms with E-state index in [2.05, 4.69) is 14.5 Å². The number of aryl methyl sites for hydroxylation is 1. The molecule has 1 aromatic heterocycles. The topological polar surface area (TPSA) is 50.5 Å². The summed E-state index contributed by atoms with van der Waals surface area (Å²) >= 11 is 0. The molecule has 3 rings (SSSR count). The van der Waals surface area contributed by atoms with Gasteiger partial charge in [0.1, 0.15) is 0 Å². The van der Waals surface area contributed by atoms with Gasteiger partial charge in [0, 0.05) is 37.1 Å². The third-order valence-corrected chi connectivity index (χ3v) is 4.70. The number of likely N-dealkylation sites (tertiary alicyclic amines) is 1. The summed E-state index contributed by atoms with van der Waals surface area (Å²) in [4.78, 5) is 6.60. The number of imidazole rings is 1. The number of phenols is 1. The van der Waals surface area contributed by atoms with Gasteiger partial charge < -0.3 is 14.4 Å². The van der Waals surface area contributed by atoms with Crippen LogP contribution < -0.4 is 4.74 Å². The van der Waals surface area contributed by atoms with Crippen molar-refractivity contribution in [1.29, 1.82) is 0 Å². The minimum absolute atomic E-state index is 0.272. The Kier molecular flexibility index (Phi) is 5.18. The van der Waals surface area contributed by atoms with Crippen LogP contribution in [0.3, 0.4) is 0 Å². The highest BCUT2D eigenvalue weighted by molar-refractivity contribution is 5.45. The summed E-state index contributed by atoms with van der Waals surface area (Å²) in [6.45, 7) is 2.86. The molecule has 0 bridgehead atoms. The number of aromatic hydroxyl groups is 1. The van der Waals surface area contributed by atoms with E-state index >= 15 is 0 Å². The van der Waals surface area contributed by atoms with E-state index in [1.807, 2.05) is 30.9 Å². The van der Waals surface area contributed by atoms with Crippen molar-refractivity contribution in [3.05, 3.63) is 42.5 Å². The number of rotatable bonds is 6. The monoisotopic (exact) mass is 315 g/mol. The molecule has 0 aliphatic carbocycles. The second-order valence-electron chi connectivity index (χ2n) is 6.18. The fourth-order valence-electron chi connectivity index (χ4n) is 3.39. The molecule has 1 N–H and O–H groups in total. The molecule has 23 heavy (non-hydrogen) atoms. The third-order valence-electron chi connectivity index (χ3n) is 4.70. The van der Waals surface area contributed by atoms with Crippen LogP contribution in [0.2, 0.25) is 0 Å². The van der Waals surface area contributed by atoms with Crippen molar-refractivity contribution in [2.45, 2.75) is 44.8 Å². The lowest BCUT2D eigenvalue weighted by molar-refractivity contribution is 0.127. The van der Waals surface area contributed by atoms with Gasteiger partial charge in [-0.1, -0.05) is 18.6 Å². The van der Waals surface area contributed by atoms with Gasteiger partial charge in [-0.15, -0.1) is 0 Å². The molecule has 0 unspecified atom stereocenters. The van der Waals surface area contributed by atoms with Crippen LogP contribution in [-0.4, -0.2) is 39.3 Å². The maximum atomic E-state index is 10.3. The Balaban J connectivity index is 1.66. The number of nitrogens with zero attached hydrogens (tertiary/aromatic N) is 3. The van der Waals surface area contributed by atoms with Crippen molar-refractivity contribution in [2.75, 3.05) is 13.7 Å². The zero-order chi connectivity index (χ0) is 16.1. The molecular weight excluding hydrogens is 290 g/mol. The molecule has 0 saturated carbocycles. The van der Waals surface area contributed by atoms with Gasteiger partial charge in [0.15, 0.2) is 11.5 Å². The Morgan fingerprint density at radius 2 is 2.26 bits per heavy atom. The standard InChI is InChI=1S/C18H25N3O2/c1-23-17-7-4-5-15(18(17)22)13-21-10-3-2-6-16(21)8-11-20-12-9-19-14-20/h4-5,7,9,12,14,16,22H,2-3,6,8,10-11,13H2,1H3/t16-/m1/s1. The lowest BCUT2D eigenvalue weighted by Crippen LogP contribution is -2.39. The van der Waals surface area contributed by atoms with Crippen molar-refractivity contribution in [3.63, 3.8) is 0 Å². The molecule has 0 radical (unpaired) electrons. The second kappa shape index (κ2) is 7.51. The van der Waals surface area contributed by atoms with Gasteiger partial charge in [-0.2, -0.15) is 0 Å². The number of hydrogen-bond donors (Lipinski definition) is 1. The minimum Gasteiger partial charge on any atom is -0.504 e. The molecule has 0 amide bonds. The maximum Gasteiger partial charge on any atom is 0.162 e. The average molecular weight is 315 g/mol. The summed E-state index contributed by atoms with van der Waals surface area (Å²) < 4.78 is 7.35. The van der Waals surface area contributed by atoms with Gasteiger partial charge in [-0.3, -0.25) is 4.90 Å². The highest BCUT2D eigenvalue weighted by atomic mass is 16.5. The number of phenolic OH excluding ortho intramolecular Hbond substituents is 1. The van der Waals surface area contributed by atoms with E-state index in [-0.39, 0.29) is 5.75 Å². The first-order valence-electron chi connectivity index (χ1n) is 8.32. The number of benzene rings is 1. The maximum absolute atomic E-state index is 10.3. The van der Waals surface area contributed by atoms with Gasteiger partial charge in [0.05, 0.1) is 13.4 Å². The van der Waals surface area contributed by atoms with Crippen molar-refractivity contribution < 1.29 is 9.84 Å². The van der Waals surface area contributed by atoms with Gasteiger partial charge in [0.2, 0.25) is 0 Å². The van der Waals surface area contributed by atoms with Gasteiger partial charge >= 0.3 is 0 Å². The van der Waals surface area contributed by atoms with Gasteiger partial charge in [0.25, 0.3) is 0 Å². The molecule has 1 aliphatic heterocycles. The summed E-state index contributed by atoms with van der Waals surface area (Å²) in [6.07, 6.45) is 10.6. The number of piperidine rings is 1. The van der Waals surface area contributed by atoms with Crippen molar-refractivity contribution in [2.24, 2.45) is 0 Å². The molecule has 1 fully saturated rings. The number of methoxy groups -OCH3 is 1. The predicted octanol–water partition coefficient (Wildman–Crippen LogP) is 3.04. The summed E-state index contributed by atoms with van der Waals surface area (Å²) in [7, 11) is 1.59. The quantitative estimate of drug-likeness (QED) is 0.890. The van der Waals surface area contributed by atoms with Crippen molar-refractivity contribution in [1.82, 2.24) is 14.5 Å². The van der Waals surface area contributed by atoms with E-state index in [4.69, 9.17) is 4.74 Å². The van der Waals surface area contributed by atoms with Crippen LogP contribution in [0.15, 0.2) is 36.9 Å². The van der Waals surface area contributed by atoms with Gasteiger partial charge in [-0.05, 0) is 31.9 Å². The molecular formula is C18H25N3O2. The molecule has 1 aliphatic rings. The zero-order valence-corrected chi connectivity index (χ0v) is 13.7. The van der Waals surface area contributed by atoms with E-state index < -0.39 is 0 Å². The summed E-state index contributed by atoms with van der Waals surface area (Å²) in [5.74, 6) is 0.823. The van der Waals surface area contributed by atoms with Gasteiger partial charge in [-0.25, -0.2) is 4.98 Å². The van der Waals surface area contributed by atoms with Crippen LogP contribution in [-0.2, 0) is 13.1 Å². The molecule has 1 aromatic carbocycles. The first kappa shape index (κ1) is 15.9. The Labute approximate surface area is 137 Å². The van der Waals surface area contributed by atoms with Crippen LogP contribution in [0.1, 0.15) is 31.2 Å². The Hall–Kier alpha value is -2.01. The van der Waals surface area contributed by atoms with E-state index in [9.17, 15) is 5.11 Å². The Bertz CT molecular complexity index is 613. The number of aromatic nitrogens is 2. The fraction of sp³-hybridized carbons (Fsp3) is 0.500. The molecule has 2 heterocycles. The normalized spacial score (nSPS) is 18.9.